The highest BCUT2D eigenvalue weighted by molar-refractivity contribution is 5.73. The molecule has 84 valence electrons. The second-order valence-electron chi connectivity index (χ2n) is 4.02. The van der Waals surface area contributed by atoms with Crippen molar-refractivity contribution in [2.24, 2.45) is 5.92 Å². The summed E-state index contributed by atoms with van der Waals surface area (Å²) in [5.41, 5.74) is 0. The molecule has 0 aliphatic heterocycles. The van der Waals surface area contributed by atoms with E-state index >= 15 is 0 Å². The van der Waals surface area contributed by atoms with Gasteiger partial charge in [-0.1, -0.05) is 13.8 Å². The van der Waals surface area contributed by atoms with Crippen LogP contribution >= 0.6 is 0 Å². The summed E-state index contributed by atoms with van der Waals surface area (Å²) in [7, 11) is 0. The zero-order valence-electron chi connectivity index (χ0n) is 9.59. The van der Waals surface area contributed by atoms with Gasteiger partial charge in [0.2, 0.25) is 0 Å². The van der Waals surface area contributed by atoms with E-state index in [2.05, 4.69) is 24.5 Å². The van der Waals surface area contributed by atoms with Crippen LogP contribution in [0.4, 0.5) is 4.79 Å². The van der Waals surface area contributed by atoms with Gasteiger partial charge in [0.25, 0.3) is 0 Å². The van der Waals surface area contributed by atoms with Crippen molar-refractivity contribution in [2.75, 3.05) is 19.8 Å². The minimum absolute atomic E-state index is 0.131. The first-order valence-corrected chi connectivity index (χ1v) is 5.14. The third kappa shape index (κ3) is 9.32. The Morgan fingerprint density at radius 1 is 1.29 bits per heavy atom. The van der Waals surface area contributed by atoms with Gasteiger partial charge in [-0.15, -0.1) is 0 Å². The van der Waals surface area contributed by atoms with Crippen molar-refractivity contribution in [3.8, 4) is 0 Å². The third-order valence-electron chi connectivity index (χ3n) is 1.40. The minimum atomic E-state index is -0.131. The molecule has 14 heavy (non-hydrogen) atoms. The first kappa shape index (κ1) is 13.2. The minimum Gasteiger partial charge on any atom is -0.379 e. The number of amides is 2. The van der Waals surface area contributed by atoms with Gasteiger partial charge in [-0.25, -0.2) is 4.79 Å². The van der Waals surface area contributed by atoms with Crippen LogP contribution in [-0.4, -0.2) is 31.8 Å². The van der Waals surface area contributed by atoms with Crippen LogP contribution in [-0.2, 0) is 4.74 Å². The molecule has 0 radical (unpaired) electrons. The lowest BCUT2D eigenvalue weighted by atomic mass is 10.2. The number of rotatable bonds is 6. The average molecular weight is 202 g/mol. The van der Waals surface area contributed by atoms with E-state index in [0.29, 0.717) is 19.1 Å². The Bertz CT molecular complexity index is 158. The summed E-state index contributed by atoms with van der Waals surface area (Å²) in [5, 5.41) is 5.45. The van der Waals surface area contributed by atoms with E-state index in [1.54, 1.807) is 0 Å². The van der Waals surface area contributed by atoms with E-state index in [0.717, 1.165) is 6.61 Å². The molecule has 0 heterocycles. The van der Waals surface area contributed by atoms with Crippen molar-refractivity contribution < 1.29 is 9.53 Å². The van der Waals surface area contributed by atoms with Crippen LogP contribution in [0.2, 0.25) is 0 Å². The van der Waals surface area contributed by atoms with Crippen molar-refractivity contribution in [3.05, 3.63) is 0 Å². The van der Waals surface area contributed by atoms with Crippen LogP contribution in [0.15, 0.2) is 0 Å². The van der Waals surface area contributed by atoms with Gasteiger partial charge in [-0.3, -0.25) is 0 Å². The van der Waals surface area contributed by atoms with Gasteiger partial charge in [0.1, 0.15) is 0 Å². The van der Waals surface area contributed by atoms with Crippen molar-refractivity contribution in [1.82, 2.24) is 10.6 Å². The Kier molecular flexibility index (Phi) is 7.20. The van der Waals surface area contributed by atoms with Gasteiger partial charge in [0.05, 0.1) is 6.61 Å². The molecule has 4 nitrogen and oxygen atoms in total. The lowest BCUT2D eigenvalue weighted by Crippen LogP contribution is -2.40. The second kappa shape index (κ2) is 7.62. The SMILES string of the molecule is CC(C)COCCNC(=O)NC(C)C. The van der Waals surface area contributed by atoms with Gasteiger partial charge in [0.15, 0.2) is 0 Å². The molecule has 0 aliphatic carbocycles. The number of hydrogen-bond acceptors (Lipinski definition) is 2. The molecule has 0 bridgehead atoms. The Morgan fingerprint density at radius 3 is 2.43 bits per heavy atom. The van der Waals surface area contributed by atoms with Crippen LogP contribution < -0.4 is 10.6 Å². The summed E-state index contributed by atoms with van der Waals surface area (Å²) in [6.07, 6.45) is 0. The van der Waals surface area contributed by atoms with E-state index in [9.17, 15) is 4.79 Å². The van der Waals surface area contributed by atoms with E-state index < -0.39 is 0 Å². The normalized spacial score (nSPS) is 10.7. The highest BCUT2D eigenvalue weighted by Crippen LogP contribution is 1.90. The maximum Gasteiger partial charge on any atom is 0.315 e. The van der Waals surface area contributed by atoms with Gasteiger partial charge < -0.3 is 15.4 Å². The molecule has 0 fully saturated rings. The van der Waals surface area contributed by atoms with Crippen LogP contribution in [0.25, 0.3) is 0 Å². The Hall–Kier alpha value is -0.770. The van der Waals surface area contributed by atoms with Gasteiger partial charge >= 0.3 is 6.03 Å². The molecular formula is C10H22N2O2. The molecule has 0 aromatic heterocycles. The van der Waals surface area contributed by atoms with Crippen molar-refractivity contribution in [3.63, 3.8) is 0 Å². The molecule has 2 N–H and O–H groups in total. The molecule has 0 aromatic rings. The number of urea groups is 1. The summed E-state index contributed by atoms with van der Waals surface area (Å²) in [5.74, 6) is 0.541. The van der Waals surface area contributed by atoms with Gasteiger partial charge in [-0.2, -0.15) is 0 Å². The van der Waals surface area contributed by atoms with Crippen molar-refractivity contribution in [2.45, 2.75) is 33.7 Å². The molecule has 0 aliphatic rings. The van der Waals surface area contributed by atoms with Crippen molar-refractivity contribution >= 4 is 6.03 Å². The summed E-state index contributed by atoms with van der Waals surface area (Å²) >= 11 is 0. The van der Waals surface area contributed by atoms with E-state index in [1.165, 1.54) is 0 Å². The molecule has 0 aromatic carbocycles. The molecule has 0 saturated carbocycles. The number of ether oxygens (including phenoxy) is 1. The van der Waals surface area contributed by atoms with E-state index in [4.69, 9.17) is 4.74 Å². The summed E-state index contributed by atoms with van der Waals surface area (Å²) in [4.78, 5) is 11.1. The predicted octanol–water partition coefficient (Wildman–Crippen LogP) is 1.37. The Labute approximate surface area is 86.4 Å². The molecule has 2 amide bonds. The summed E-state index contributed by atoms with van der Waals surface area (Å²) < 4.78 is 5.31. The Morgan fingerprint density at radius 2 is 1.93 bits per heavy atom. The number of nitrogens with one attached hydrogen (secondary N) is 2. The molecule has 0 rings (SSSR count). The number of carbonyl (C=O) groups excluding carboxylic acids is 1. The van der Waals surface area contributed by atoms with Gasteiger partial charge in [-0.05, 0) is 19.8 Å². The van der Waals surface area contributed by atoms with Crippen LogP contribution in [0.3, 0.4) is 0 Å². The second-order valence-corrected chi connectivity index (χ2v) is 4.02. The molecule has 0 saturated heterocycles. The van der Waals surface area contributed by atoms with E-state index in [-0.39, 0.29) is 12.1 Å². The molecule has 4 heteroatoms. The summed E-state index contributed by atoms with van der Waals surface area (Å²) in [6.45, 7) is 9.92. The predicted molar refractivity (Wildman–Crippen MR) is 57.3 cm³/mol. The fourth-order valence-corrected chi connectivity index (χ4v) is 0.869. The zero-order valence-corrected chi connectivity index (χ0v) is 9.59. The maximum atomic E-state index is 11.1. The monoisotopic (exact) mass is 202 g/mol. The first-order valence-electron chi connectivity index (χ1n) is 5.14. The standard InChI is InChI=1S/C10H22N2O2/c1-8(2)7-14-6-5-11-10(13)12-9(3)4/h8-9H,5-7H2,1-4H3,(H2,11,12,13). The average Bonchev–Trinajstić information content (AvgIpc) is 2.01. The van der Waals surface area contributed by atoms with E-state index in [1.807, 2.05) is 13.8 Å². The van der Waals surface area contributed by atoms with Crippen LogP contribution in [0, 0.1) is 5.92 Å². The molecule has 0 unspecified atom stereocenters. The molecular weight excluding hydrogens is 180 g/mol. The highest BCUT2D eigenvalue weighted by Gasteiger charge is 2.00. The topological polar surface area (TPSA) is 50.4 Å². The van der Waals surface area contributed by atoms with Gasteiger partial charge in [0, 0.05) is 19.2 Å². The Balaban J connectivity index is 3.23. The smallest absolute Gasteiger partial charge is 0.315 e. The lowest BCUT2D eigenvalue weighted by Gasteiger charge is -2.10. The molecule has 0 spiro atoms. The highest BCUT2D eigenvalue weighted by atomic mass is 16.5. The quantitative estimate of drug-likeness (QED) is 0.639. The fourth-order valence-electron chi connectivity index (χ4n) is 0.869. The van der Waals surface area contributed by atoms with Crippen molar-refractivity contribution in [1.29, 1.82) is 0 Å². The number of carbonyl (C=O) groups is 1. The fraction of sp³-hybridized carbons (Fsp3) is 0.900. The zero-order chi connectivity index (χ0) is 11.0. The lowest BCUT2D eigenvalue weighted by molar-refractivity contribution is 0.112. The largest absolute Gasteiger partial charge is 0.379 e. The maximum absolute atomic E-state index is 11.1. The number of hydrogen-bond donors (Lipinski definition) is 2. The summed E-state index contributed by atoms with van der Waals surface area (Å²) in [6, 6.07) is 0.0414. The van der Waals surface area contributed by atoms with Crippen LogP contribution in [0.5, 0.6) is 0 Å². The van der Waals surface area contributed by atoms with Crippen LogP contribution in [0.1, 0.15) is 27.7 Å². The first-order chi connectivity index (χ1) is 6.52. The third-order valence-corrected chi connectivity index (χ3v) is 1.40. The molecule has 0 atom stereocenters.